The molecule has 0 atom stereocenters. The maximum atomic E-state index is 13.0. The van der Waals surface area contributed by atoms with E-state index in [2.05, 4.69) is 0 Å². The average Bonchev–Trinajstić information content (AvgIpc) is 2.60. The van der Waals surface area contributed by atoms with Crippen LogP contribution >= 0.6 is 23.4 Å². The minimum Gasteiger partial charge on any atom is -0.306 e. The van der Waals surface area contributed by atoms with Crippen molar-refractivity contribution < 1.29 is 13.2 Å². The lowest BCUT2D eigenvalue weighted by Crippen LogP contribution is -2.35. The number of anilines is 1. The molecular formula is C17H17ClN2O3S2. The highest BCUT2D eigenvalue weighted by molar-refractivity contribution is 7.99. The molecule has 2 aromatic rings. The Bertz CT molecular complexity index is 929. The first kappa shape index (κ1) is 18.3. The number of sulfonamides is 1. The van der Waals surface area contributed by atoms with Crippen molar-refractivity contribution in [3.8, 4) is 0 Å². The second kappa shape index (κ2) is 6.99. The molecule has 0 radical (unpaired) electrons. The van der Waals surface area contributed by atoms with Crippen molar-refractivity contribution in [2.24, 2.45) is 0 Å². The number of carbonyl (C=O) groups excluding carboxylic acids is 1. The molecule has 0 unspecified atom stereocenters. The van der Waals surface area contributed by atoms with E-state index in [1.54, 1.807) is 22.7 Å². The summed E-state index contributed by atoms with van der Waals surface area (Å²) in [6, 6.07) is 12.1. The quantitative estimate of drug-likeness (QED) is 0.798. The van der Waals surface area contributed by atoms with Gasteiger partial charge in [0.1, 0.15) is 4.90 Å². The van der Waals surface area contributed by atoms with Crippen molar-refractivity contribution in [2.75, 3.05) is 31.3 Å². The van der Waals surface area contributed by atoms with Crippen LogP contribution in [0.1, 0.15) is 10.4 Å². The Hall–Kier alpha value is -1.54. The molecule has 25 heavy (non-hydrogen) atoms. The van der Waals surface area contributed by atoms with Gasteiger partial charge in [0, 0.05) is 36.9 Å². The molecule has 0 aliphatic carbocycles. The van der Waals surface area contributed by atoms with Crippen LogP contribution in [0.3, 0.4) is 0 Å². The van der Waals surface area contributed by atoms with Gasteiger partial charge < -0.3 is 4.90 Å². The Morgan fingerprint density at radius 3 is 2.64 bits per heavy atom. The van der Waals surface area contributed by atoms with Gasteiger partial charge in [-0.2, -0.15) is 0 Å². The zero-order chi connectivity index (χ0) is 18.2. The predicted molar refractivity (Wildman–Crippen MR) is 101 cm³/mol. The molecule has 1 aliphatic heterocycles. The van der Waals surface area contributed by atoms with Gasteiger partial charge in [0.25, 0.3) is 5.91 Å². The highest BCUT2D eigenvalue weighted by Gasteiger charge is 2.27. The molecule has 5 nitrogen and oxygen atoms in total. The molecule has 0 spiro atoms. The SMILES string of the molecule is CN(C)S(=O)(=O)c1cc(C(=O)N2CCSc3ccccc32)ccc1Cl. The summed E-state index contributed by atoms with van der Waals surface area (Å²) in [4.78, 5) is 15.6. The van der Waals surface area contributed by atoms with E-state index >= 15 is 0 Å². The Kier molecular flexibility index (Phi) is 5.11. The fraction of sp³-hybridized carbons (Fsp3) is 0.235. The van der Waals surface area contributed by atoms with Gasteiger partial charge in [-0.05, 0) is 30.3 Å². The number of nitrogens with zero attached hydrogens (tertiary/aromatic N) is 2. The number of carbonyl (C=O) groups is 1. The Labute approximate surface area is 156 Å². The van der Waals surface area contributed by atoms with Gasteiger partial charge >= 0.3 is 0 Å². The minimum atomic E-state index is -3.73. The third kappa shape index (κ3) is 3.42. The topological polar surface area (TPSA) is 57.7 Å². The van der Waals surface area contributed by atoms with Gasteiger partial charge in [0.15, 0.2) is 0 Å². The van der Waals surface area contributed by atoms with Crippen LogP contribution in [0.2, 0.25) is 5.02 Å². The van der Waals surface area contributed by atoms with Crippen molar-refractivity contribution in [2.45, 2.75) is 9.79 Å². The summed E-state index contributed by atoms with van der Waals surface area (Å²) in [5, 5.41) is 0.0971. The summed E-state index contributed by atoms with van der Waals surface area (Å²) in [7, 11) is -0.871. The largest absolute Gasteiger partial charge is 0.306 e. The third-order valence-corrected chi connectivity index (χ3v) is 7.25. The van der Waals surface area contributed by atoms with Crippen molar-refractivity contribution in [3.05, 3.63) is 53.1 Å². The molecule has 0 aromatic heterocycles. The Balaban J connectivity index is 2.03. The van der Waals surface area contributed by atoms with Gasteiger partial charge in [0.2, 0.25) is 10.0 Å². The molecule has 132 valence electrons. The summed E-state index contributed by atoms with van der Waals surface area (Å²) >= 11 is 7.76. The number of fused-ring (bicyclic) bond motifs is 1. The smallest absolute Gasteiger partial charge is 0.258 e. The van der Waals surface area contributed by atoms with Crippen LogP contribution in [0, 0.1) is 0 Å². The van der Waals surface area contributed by atoms with Crippen molar-refractivity contribution in [1.29, 1.82) is 0 Å². The maximum Gasteiger partial charge on any atom is 0.258 e. The molecule has 3 rings (SSSR count). The van der Waals surface area contributed by atoms with Crippen LogP contribution in [0.25, 0.3) is 0 Å². The van der Waals surface area contributed by atoms with Gasteiger partial charge in [0.05, 0.1) is 10.7 Å². The number of halogens is 1. The summed E-state index contributed by atoms with van der Waals surface area (Å²) < 4.78 is 25.9. The van der Waals surface area contributed by atoms with E-state index in [1.165, 1.54) is 26.2 Å². The Morgan fingerprint density at radius 1 is 1.20 bits per heavy atom. The van der Waals surface area contributed by atoms with Crippen molar-refractivity contribution >= 4 is 45.0 Å². The first-order chi connectivity index (χ1) is 11.8. The summed E-state index contributed by atoms with van der Waals surface area (Å²) in [5.74, 6) is 0.554. The van der Waals surface area contributed by atoms with Crippen LogP contribution in [-0.2, 0) is 10.0 Å². The normalized spacial score (nSPS) is 14.5. The number of para-hydroxylation sites is 1. The second-order valence-electron chi connectivity index (χ2n) is 5.71. The first-order valence-corrected chi connectivity index (χ1v) is 10.4. The van der Waals surface area contributed by atoms with E-state index in [0.29, 0.717) is 12.1 Å². The van der Waals surface area contributed by atoms with Crippen LogP contribution in [0.5, 0.6) is 0 Å². The maximum absolute atomic E-state index is 13.0. The average molecular weight is 397 g/mol. The van der Waals surface area contributed by atoms with Gasteiger partial charge in [-0.3, -0.25) is 4.79 Å². The lowest BCUT2D eigenvalue weighted by atomic mass is 10.1. The molecule has 2 aromatic carbocycles. The molecule has 1 amide bonds. The van der Waals surface area contributed by atoms with Crippen molar-refractivity contribution in [1.82, 2.24) is 4.31 Å². The number of benzene rings is 2. The van der Waals surface area contributed by atoms with Crippen LogP contribution in [0.4, 0.5) is 5.69 Å². The number of thioether (sulfide) groups is 1. The van der Waals surface area contributed by atoms with E-state index in [-0.39, 0.29) is 15.8 Å². The standard InChI is InChI=1S/C17H17ClN2O3S2/c1-19(2)25(22,23)16-11-12(7-8-13(16)18)17(21)20-9-10-24-15-6-4-3-5-14(15)20/h3-8,11H,9-10H2,1-2H3. The molecule has 0 saturated heterocycles. The molecule has 0 fully saturated rings. The first-order valence-electron chi connectivity index (χ1n) is 7.58. The third-order valence-electron chi connectivity index (χ3n) is 3.91. The van der Waals surface area contributed by atoms with E-state index < -0.39 is 10.0 Å². The predicted octanol–water partition coefficient (Wildman–Crippen LogP) is 3.34. The van der Waals surface area contributed by atoms with E-state index in [1.807, 2.05) is 24.3 Å². The highest BCUT2D eigenvalue weighted by atomic mass is 35.5. The molecule has 1 heterocycles. The van der Waals surface area contributed by atoms with Crippen LogP contribution in [-0.4, -0.2) is 45.0 Å². The van der Waals surface area contributed by atoms with E-state index in [9.17, 15) is 13.2 Å². The highest BCUT2D eigenvalue weighted by Crippen LogP contribution is 2.35. The molecular weight excluding hydrogens is 380 g/mol. The zero-order valence-electron chi connectivity index (χ0n) is 13.8. The van der Waals surface area contributed by atoms with E-state index in [0.717, 1.165) is 20.6 Å². The fourth-order valence-corrected chi connectivity index (χ4v) is 4.96. The van der Waals surface area contributed by atoms with Gasteiger partial charge in [-0.15, -0.1) is 11.8 Å². The number of rotatable bonds is 3. The minimum absolute atomic E-state index is 0.0651. The second-order valence-corrected chi connectivity index (χ2v) is 9.37. The summed E-state index contributed by atoms with van der Waals surface area (Å²) in [5.41, 5.74) is 1.14. The summed E-state index contributed by atoms with van der Waals surface area (Å²) in [6.45, 7) is 0.568. The number of amides is 1. The lowest BCUT2D eigenvalue weighted by Gasteiger charge is -2.29. The number of hydrogen-bond donors (Lipinski definition) is 0. The molecule has 1 aliphatic rings. The van der Waals surface area contributed by atoms with Crippen molar-refractivity contribution in [3.63, 3.8) is 0 Å². The van der Waals surface area contributed by atoms with Crippen LogP contribution in [0.15, 0.2) is 52.3 Å². The van der Waals surface area contributed by atoms with E-state index in [4.69, 9.17) is 11.6 Å². The fourth-order valence-electron chi connectivity index (χ4n) is 2.57. The lowest BCUT2D eigenvalue weighted by molar-refractivity contribution is 0.0987. The van der Waals surface area contributed by atoms with Gasteiger partial charge in [-0.25, -0.2) is 12.7 Å². The van der Waals surface area contributed by atoms with Gasteiger partial charge in [-0.1, -0.05) is 23.7 Å². The monoisotopic (exact) mass is 396 g/mol. The molecule has 0 N–H and O–H groups in total. The molecule has 0 saturated carbocycles. The zero-order valence-corrected chi connectivity index (χ0v) is 16.2. The molecule has 0 bridgehead atoms. The number of hydrogen-bond acceptors (Lipinski definition) is 4. The Morgan fingerprint density at radius 2 is 1.92 bits per heavy atom. The molecule has 8 heteroatoms. The van der Waals surface area contributed by atoms with Crippen LogP contribution < -0.4 is 4.90 Å². The summed E-state index contributed by atoms with van der Waals surface area (Å²) in [6.07, 6.45) is 0.